The van der Waals surface area contributed by atoms with Crippen LogP contribution in [0.3, 0.4) is 0 Å². The average molecular weight is 456 g/mol. The first kappa shape index (κ1) is 21.5. The van der Waals surface area contributed by atoms with Crippen molar-refractivity contribution < 1.29 is 4.79 Å². The standard InChI is InChI=1S/C27H25N3O2S/c31-25(28-23-16-8-12-20-11-4-5-13-21(20)23)18-33-27-29-24-15-7-6-14-22(24)26(32)30(27)17-19-9-2-1-3-10-19/h1-7,9-11,13-15,23H,8,12,16-18H2,(H,28,31)/t23-/m0/s1. The van der Waals surface area contributed by atoms with E-state index in [1.165, 1.54) is 22.9 Å². The van der Waals surface area contributed by atoms with Crippen molar-refractivity contribution in [2.24, 2.45) is 0 Å². The van der Waals surface area contributed by atoms with Crippen LogP contribution in [0.25, 0.3) is 10.9 Å². The number of thioether (sulfide) groups is 1. The zero-order chi connectivity index (χ0) is 22.6. The molecule has 0 radical (unpaired) electrons. The second-order valence-corrected chi connectivity index (χ2v) is 9.23. The largest absolute Gasteiger partial charge is 0.349 e. The first-order valence-corrected chi connectivity index (χ1v) is 12.2. The SMILES string of the molecule is O=C(CSc1nc2ccccc2c(=O)n1Cc1ccccc1)N[C@H]1CCCc2ccccc21. The van der Waals surface area contributed by atoms with Gasteiger partial charge in [0.15, 0.2) is 5.16 Å². The van der Waals surface area contributed by atoms with Crippen molar-refractivity contribution in [3.8, 4) is 0 Å². The number of nitrogens with one attached hydrogen (secondary N) is 1. The van der Waals surface area contributed by atoms with Crippen LogP contribution in [0.5, 0.6) is 0 Å². The second-order valence-electron chi connectivity index (χ2n) is 8.29. The number of aryl methyl sites for hydroxylation is 1. The van der Waals surface area contributed by atoms with Gasteiger partial charge in [-0.15, -0.1) is 0 Å². The summed E-state index contributed by atoms with van der Waals surface area (Å²) in [6.45, 7) is 0.414. The molecule has 166 valence electrons. The molecule has 0 bridgehead atoms. The molecule has 6 heteroatoms. The minimum atomic E-state index is -0.0893. The molecule has 1 amide bonds. The first-order valence-electron chi connectivity index (χ1n) is 11.2. The Morgan fingerprint density at radius 1 is 1.00 bits per heavy atom. The fourth-order valence-corrected chi connectivity index (χ4v) is 5.24. The Kier molecular flexibility index (Phi) is 6.26. The summed E-state index contributed by atoms with van der Waals surface area (Å²) in [5, 5.41) is 4.33. The van der Waals surface area contributed by atoms with Crippen molar-refractivity contribution >= 4 is 28.6 Å². The summed E-state index contributed by atoms with van der Waals surface area (Å²) in [4.78, 5) is 30.9. The maximum atomic E-state index is 13.3. The minimum absolute atomic E-state index is 0.0409. The molecular formula is C27H25N3O2S. The van der Waals surface area contributed by atoms with Crippen molar-refractivity contribution in [3.05, 3.63) is 106 Å². The molecule has 33 heavy (non-hydrogen) atoms. The van der Waals surface area contributed by atoms with E-state index in [1.54, 1.807) is 10.6 Å². The summed E-state index contributed by atoms with van der Waals surface area (Å²) in [5.74, 6) is 0.161. The molecule has 1 aromatic heterocycles. The number of hydrogen-bond donors (Lipinski definition) is 1. The third kappa shape index (κ3) is 4.71. The Balaban J connectivity index is 1.38. The summed E-state index contributed by atoms with van der Waals surface area (Å²) >= 11 is 1.31. The third-order valence-corrected chi connectivity index (χ3v) is 7.02. The minimum Gasteiger partial charge on any atom is -0.349 e. The summed E-state index contributed by atoms with van der Waals surface area (Å²) < 4.78 is 1.67. The van der Waals surface area contributed by atoms with Gasteiger partial charge in [0.25, 0.3) is 5.56 Å². The highest BCUT2D eigenvalue weighted by atomic mass is 32.2. The molecular weight excluding hydrogens is 430 g/mol. The number of carbonyl (C=O) groups excluding carboxylic acids is 1. The van der Waals surface area contributed by atoms with Crippen LogP contribution in [0.4, 0.5) is 0 Å². The fourth-order valence-electron chi connectivity index (χ4n) is 4.43. The van der Waals surface area contributed by atoms with Crippen LogP contribution >= 0.6 is 11.8 Å². The highest BCUT2D eigenvalue weighted by molar-refractivity contribution is 7.99. The second kappa shape index (κ2) is 9.63. The number of fused-ring (bicyclic) bond motifs is 2. The molecule has 0 aliphatic heterocycles. The Bertz CT molecular complexity index is 1350. The molecule has 0 saturated carbocycles. The van der Waals surface area contributed by atoms with Gasteiger partial charge in [-0.25, -0.2) is 4.98 Å². The summed E-state index contributed by atoms with van der Waals surface area (Å²) in [6, 6.07) is 25.6. The van der Waals surface area contributed by atoms with Gasteiger partial charge in [0, 0.05) is 0 Å². The van der Waals surface area contributed by atoms with E-state index in [0.29, 0.717) is 22.6 Å². The van der Waals surface area contributed by atoms with E-state index in [2.05, 4.69) is 23.5 Å². The summed E-state index contributed by atoms with van der Waals surface area (Å²) in [6.07, 6.45) is 3.07. The Hall–Kier alpha value is -3.38. The number of para-hydroxylation sites is 1. The number of carbonyl (C=O) groups is 1. The van der Waals surface area contributed by atoms with E-state index in [0.717, 1.165) is 24.8 Å². The molecule has 5 nitrogen and oxygen atoms in total. The van der Waals surface area contributed by atoms with E-state index in [4.69, 9.17) is 4.98 Å². The number of benzene rings is 3. The van der Waals surface area contributed by atoms with E-state index < -0.39 is 0 Å². The molecule has 1 aliphatic carbocycles. The number of nitrogens with zero attached hydrogens (tertiary/aromatic N) is 2. The van der Waals surface area contributed by atoms with Gasteiger partial charge in [0.2, 0.25) is 5.91 Å². The molecule has 3 aromatic carbocycles. The molecule has 0 unspecified atom stereocenters. The van der Waals surface area contributed by atoms with Crippen LogP contribution in [0.2, 0.25) is 0 Å². The van der Waals surface area contributed by atoms with Crippen molar-refractivity contribution in [1.82, 2.24) is 14.9 Å². The molecule has 1 N–H and O–H groups in total. The van der Waals surface area contributed by atoms with Crippen molar-refractivity contribution in [1.29, 1.82) is 0 Å². The Labute approximate surface area is 196 Å². The maximum absolute atomic E-state index is 13.3. The molecule has 0 spiro atoms. The molecule has 1 heterocycles. The predicted molar refractivity (Wildman–Crippen MR) is 133 cm³/mol. The Morgan fingerprint density at radius 3 is 2.64 bits per heavy atom. The lowest BCUT2D eigenvalue weighted by Crippen LogP contribution is -2.32. The van der Waals surface area contributed by atoms with Crippen LogP contribution in [0.15, 0.2) is 88.8 Å². The lowest BCUT2D eigenvalue weighted by Gasteiger charge is -2.26. The van der Waals surface area contributed by atoms with Crippen molar-refractivity contribution in [2.75, 3.05) is 5.75 Å². The molecule has 1 atom stereocenters. The lowest BCUT2D eigenvalue weighted by atomic mass is 9.88. The van der Waals surface area contributed by atoms with Gasteiger partial charge in [0.1, 0.15) is 0 Å². The number of amides is 1. The normalized spacial score (nSPS) is 15.2. The van der Waals surface area contributed by atoms with Gasteiger partial charge in [-0.3, -0.25) is 14.2 Å². The van der Waals surface area contributed by atoms with Crippen molar-refractivity contribution in [2.45, 2.75) is 37.0 Å². The summed E-state index contributed by atoms with van der Waals surface area (Å²) in [5.41, 5.74) is 4.10. The maximum Gasteiger partial charge on any atom is 0.262 e. The monoisotopic (exact) mass is 455 g/mol. The van der Waals surface area contributed by atoms with Gasteiger partial charge >= 0.3 is 0 Å². The first-order chi connectivity index (χ1) is 16.2. The Morgan fingerprint density at radius 2 is 1.76 bits per heavy atom. The highest BCUT2D eigenvalue weighted by Crippen LogP contribution is 2.29. The van der Waals surface area contributed by atoms with Crippen LogP contribution in [-0.2, 0) is 17.8 Å². The van der Waals surface area contributed by atoms with E-state index in [1.807, 2.05) is 54.6 Å². The predicted octanol–water partition coefficient (Wildman–Crippen LogP) is 4.73. The lowest BCUT2D eigenvalue weighted by molar-refractivity contribution is -0.119. The van der Waals surface area contributed by atoms with E-state index >= 15 is 0 Å². The topological polar surface area (TPSA) is 64.0 Å². The average Bonchev–Trinajstić information content (AvgIpc) is 2.86. The molecule has 1 aliphatic rings. The smallest absolute Gasteiger partial charge is 0.262 e. The third-order valence-electron chi connectivity index (χ3n) is 6.05. The van der Waals surface area contributed by atoms with Gasteiger partial charge in [-0.05, 0) is 48.1 Å². The highest BCUT2D eigenvalue weighted by Gasteiger charge is 2.22. The van der Waals surface area contributed by atoms with Crippen LogP contribution in [-0.4, -0.2) is 21.2 Å². The number of hydrogen-bond acceptors (Lipinski definition) is 4. The van der Waals surface area contributed by atoms with Gasteiger partial charge < -0.3 is 5.32 Å². The van der Waals surface area contributed by atoms with Gasteiger partial charge in [0.05, 0.1) is 29.2 Å². The van der Waals surface area contributed by atoms with Crippen LogP contribution in [0.1, 0.15) is 35.6 Å². The van der Waals surface area contributed by atoms with Gasteiger partial charge in [-0.2, -0.15) is 0 Å². The zero-order valence-electron chi connectivity index (χ0n) is 18.2. The van der Waals surface area contributed by atoms with Crippen LogP contribution in [0, 0.1) is 0 Å². The molecule has 0 fully saturated rings. The fraction of sp³-hybridized carbons (Fsp3) is 0.222. The molecule has 4 aromatic rings. The van der Waals surface area contributed by atoms with Gasteiger partial charge in [-0.1, -0.05) is 78.5 Å². The van der Waals surface area contributed by atoms with E-state index in [-0.39, 0.29) is 23.3 Å². The molecule has 0 saturated heterocycles. The van der Waals surface area contributed by atoms with E-state index in [9.17, 15) is 9.59 Å². The number of rotatable bonds is 6. The zero-order valence-corrected chi connectivity index (χ0v) is 19.1. The summed E-state index contributed by atoms with van der Waals surface area (Å²) in [7, 11) is 0. The van der Waals surface area contributed by atoms with Crippen LogP contribution < -0.4 is 10.9 Å². The number of aromatic nitrogens is 2. The van der Waals surface area contributed by atoms with Crippen molar-refractivity contribution in [3.63, 3.8) is 0 Å². The molecule has 5 rings (SSSR count). The quantitative estimate of drug-likeness (QED) is 0.337.